The average Bonchev–Trinajstić information content (AvgIpc) is 2.95. The SMILES string of the molecule is C[C@H]1C[C@H]2[C@@H]3CC=C4CC(=O)C=C[C@]4(C)[C@@]3(Cl)[C@@H](O[Si](C)(C)C(C)(C)C)C[C@]2(C)[C@@]1(O)C(=O)CO. The lowest BCUT2D eigenvalue weighted by Gasteiger charge is -2.65. The summed E-state index contributed by atoms with van der Waals surface area (Å²) in [5.74, 6) is -0.786. The molecule has 0 aliphatic heterocycles. The summed E-state index contributed by atoms with van der Waals surface area (Å²) >= 11 is 7.92. The van der Waals surface area contributed by atoms with Gasteiger partial charge in [-0.2, -0.15) is 0 Å². The standard InChI is InChI=1S/C28H43ClO5Si/c1-17-13-21-20-10-9-18-14-19(31)11-12-25(18,5)27(20,29)23(34-35(7,8)24(2,3)4)15-26(21,6)28(17,33)22(32)16-30/h9,11-12,17,20-21,23,30,33H,10,13-16H2,1-8H3/t17-,20-,21-,23-,25-,26-,27-,28-/m0/s1. The van der Waals surface area contributed by atoms with Gasteiger partial charge in [0.25, 0.3) is 0 Å². The first kappa shape index (κ1) is 27.2. The first-order valence-electron chi connectivity index (χ1n) is 13.0. The van der Waals surface area contributed by atoms with Crippen molar-refractivity contribution < 1.29 is 24.2 Å². The lowest BCUT2D eigenvalue weighted by molar-refractivity contribution is -0.176. The van der Waals surface area contributed by atoms with Crippen molar-refractivity contribution in [1.29, 1.82) is 0 Å². The highest BCUT2D eigenvalue weighted by molar-refractivity contribution is 6.74. The zero-order valence-corrected chi connectivity index (χ0v) is 24.3. The van der Waals surface area contributed by atoms with Crippen LogP contribution >= 0.6 is 11.6 Å². The van der Waals surface area contributed by atoms with E-state index >= 15 is 0 Å². The van der Waals surface area contributed by atoms with Crippen LogP contribution in [-0.4, -0.2) is 53.3 Å². The van der Waals surface area contributed by atoms with Crippen molar-refractivity contribution in [2.75, 3.05) is 6.61 Å². The van der Waals surface area contributed by atoms with Crippen molar-refractivity contribution >= 4 is 31.5 Å². The summed E-state index contributed by atoms with van der Waals surface area (Å²) in [6, 6.07) is 0. The number of Topliss-reactive ketones (excluding diaryl/α,β-unsaturated/α-hetero) is 1. The van der Waals surface area contributed by atoms with Gasteiger partial charge in [0.15, 0.2) is 19.9 Å². The number of hydrogen-bond donors (Lipinski definition) is 2. The van der Waals surface area contributed by atoms with E-state index in [4.69, 9.17) is 16.0 Å². The number of hydrogen-bond acceptors (Lipinski definition) is 5. The molecule has 0 aromatic rings. The van der Waals surface area contributed by atoms with Gasteiger partial charge in [0, 0.05) is 17.3 Å². The van der Waals surface area contributed by atoms with E-state index in [0.717, 1.165) is 5.57 Å². The Hall–Kier alpha value is -0.793. The summed E-state index contributed by atoms with van der Waals surface area (Å²) in [7, 11) is -2.31. The van der Waals surface area contributed by atoms with Crippen LogP contribution in [0.5, 0.6) is 0 Å². The number of halogens is 1. The van der Waals surface area contributed by atoms with E-state index in [1.807, 2.05) is 19.9 Å². The summed E-state index contributed by atoms with van der Waals surface area (Å²) in [6.45, 7) is 16.4. The molecule has 8 atom stereocenters. The van der Waals surface area contributed by atoms with Gasteiger partial charge in [0.1, 0.15) is 12.2 Å². The second kappa shape index (κ2) is 8.10. The molecule has 4 aliphatic carbocycles. The first-order chi connectivity index (χ1) is 15.9. The van der Waals surface area contributed by atoms with E-state index < -0.39 is 48.1 Å². The van der Waals surface area contributed by atoms with Crippen molar-refractivity contribution in [2.45, 2.75) is 102 Å². The molecule has 5 nitrogen and oxygen atoms in total. The lowest BCUT2D eigenvalue weighted by atomic mass is 9.46. The van der Waals surface area contributed by atoms with Gasteiger partial charge in [0.2, 0.25) is 0 Å². The fourth-order valence-corrected chi connectivity index (χ4v) is 9.75. The third kappa shape index (κ3) is 3.42. The Kier molecular flexibility index (Phi) is 6.31. The maximum Gasteiger partial charge on any atom is 0.192 e. The first-order valence-corrected chi connectivity index (χ1v) is 16.3. The van der Waals surface area contributed by atoms with E-state index in [1.165, 1.54) is 0 Å². The van der Waals surface area contributed by atoms with E-state index in [2.05, 4.69) is 46.9 Å². The quantitative estimate of drug-likeness (QED) is 0.301. The number of allylic oxidation sites excluding steroid dienone is 4. The number of carbonyl (C=O) groups is 2. The Balaban J connectivity index is 1.93. The van der Waals surface area contributed by atoms with Gasteiger partial charge in [-0.3, -0.25) is 9.59 Å². The molecule has 4 aliphatic rings. The van der Waals surface area contributed by atoms with Crippen molar-refractivity contribution in [3.8, 4) is 0 Å². The van der Waals surface area contributed by atoms with Crippen molar-refractivity contribution in [3.05, 3.63) is 23.8 Å². The maximum absolute atomic E-state index is 13.1. The van der Waals surface area contributed by atoms with E-state index in [-0.39, 0.29) is 28.6 Å². The number of ketones is 2. The van der Waals surface area contributed by atoms with Crippen LogP contribution in [0.25, 0.3) is 0 Å². The molecule has 0 saturated heterocycles. The molecule has 2 fully saturated rings. The molecular formula is C28H43ClO5Si. The van der Waals surface area contributed by atoms with Crippen molar-refractivity contribution in [3.63, 3.8) is 0 Å². The fraction of sp³-hybridized carbons (Fsp3) is 0.786. The van der Waals surface area contributed by atoms with Crippen LogP contribution < -0.4 is 0 Å². The molecule has 4 rings (SSSR count). The molecule has 2 saturated carbocycles. The molecule has 7 heteroatoms. The third-order valence-corrected chi connectivity index (χ3v) is 16.4. The summed E-state index contributed by atoms with van der Waals surface area (Å²) < 4.78 is 7.15. The van der Waals surface area contributed by atoms with Crippen LogP contribution in [0.2, 0.25) is 18.1 Å². The molecule has 0 heterocycles. The Labute approximate surface area is 216 Å². The van der Waals surface area contributed by atoms with Crippen molar-refractivity contribution in [2.24, 2.45) is 28.6 Å². The molecule has 0 amide bonds. The van der Waals surface area contributed by atoms with Gasteiger partial charge < -0.3 is 14.6 Å². The molecule has 196 valence electrons. The molecule has 2 N–H and O–H groups in total. The van der Waals surface area contributed by atoms with Gasteiger partial charge >= 0.3 is 0 Å². The summed E-state index contributed by atoms with van der Waals surface area (Å²) in [5, 5.41) is 21.8. The largest absolute Gasteiger partial charge is 0.412 e. The second-order valence-corrected chi connectivity index (χ2v) is 19.0. The highest BCUT2D eigenvalue weighted by Gasteiger charge is 2.75. The van der Waals surface area contributed by atoms with Crippen LogP contribution in [0.4, 0.5) is 0 Å². The zero-order valence-electron chi connectivity index (χ0n) is 22.6. The molecule has 0 bridgehead atoms. The smallest absolute Gasteiger partial charge is 0.192 e. The Morgan fingerprint density at radius 3 is 2.46 bits per heavy atom. The molecule has 0 radical (unpaired) electrons. The minimum Gasteiger partial charge on any atom is -0.412 e. The van der Waals surface area contributed by atoms with Crippen LogP contribution in [0.1, 0.15) is 67.2 Å². The third-order valence-electron chi connectivity index (χ3n) is 11.0. The Morgan fingerprint density at radius 2 is 1.89 bits per heavy atom. The minimum absolute atomic E-state index is 0.0181. The highest BCUT2D eigenvalue weighted by Crippen LogP contribution is 2.71. The van der Waals surface area contributed by atoms with E-state index in [0.29, 0.717) is 25.7 Å². The molecule has 0 aromatic carbocycles. The lowest BCUT2D eigenvalue weighted by Crippen LogP contribution is -2.70. The minimum atomic E-state index is -2.31. The van der Waals surface area contributed by atoms with Gasteiger partial charge in [-0.1, -0.05) is 59.3 Å². The van der Waals surface area contributed by atoms with Crippen LogP contribution in [-0.2, 0) is 14.0 Å². The summed E-state index contributed by atoms with van der Waals surface area (Å²) in [6.07, 6.45) is 7.55. The van der Waals surface area contributed by atoms with Gasteiger partial charge in [-0.05, 0) is 61.2 Å². The number of alkyl halides is 1. The Morgan fingerprint density at radius 1 is 1.26 bits per heavy atom. The van der Waals surface area contributed by atoms with E-state index in [1.54, 1.807) is 6.08 Å². The highest BCUT2D eigenvalue weighted by atomic mass is 35.5. The average molecular weight is 523 g/mol. The Bertz CT molecular complexity index is 998. The predicted molar refractivity (Wildman–Crippen MR) is 141 cm³/mol. The molecule has 0 aromatic heterocycles. The van der Waals surface area contributed by atoms with Crippen molar-refractivity contribution in [1.82, 2.24) is 0 Å². The number of aliphatic hydroxyl groups is 2. The summed E-state index contributed by atoms with van der Waals surface area (Å²) in [5.41, 5.74) is -1.93. The topological polar surface area (TPSA) is 83.8 Å². The number of fused-ring (bicyclic) bond motifs is 5. The van der Waals surface area contributed by atoms with Gasteiger partial charge in [0.05, 0.1) is 11.0 Å². The maximum atomic E-state index is 13.1. The zero-order chi connectivity index (χ0) is 26.4. The molecule has 0 spiro atoms. The molecule has 35 heavy (non-hydrogen) atoms. The monoisotopic (exact) mass is 522 g/mol. The number of aliphatic hydroxyl groups excluding tert-OH is 1. The summed E-state index contributed by atoms with van der Waals surface area (Å²) in [4.78, 5) is 24.6. The van der Waals surface area contributed by atoms with Gasteiger partial charge in [-0.15, -0.1) is 11.6 Å². The molecule has 0 unspecified atom stereocenters. The van der Waals surface area contributed by atoms with Gasteiger partial charge in [-0.25, -0.2) is 0 Å². The second-order valence-electron chi connectivity index (χ2n) is 13.6. The van der Waals surface area contributed by atoms with E-state index in [9.17, 15) is 19.8 Å². The number of carbonyl (C=O) groups excluding carboxylic acids is 2. The molecular weight excluding hydrogens is 480 g/mol. The van der Waals surface area contributed by atoms with Crippen LogP contribution in [0.15, 0.2) is 23.8 Å². The fourth-order valence-electron chi connectivity index (χ4n) is 7.79. The normalized spacial score (nSPS) is 45.5. The van der Waals surface area contributed by atoms with Crippen LogP contribution in [0, 0.1) is 28.6 Å². The predicted octanol–water partition coefficient (Wildman–Crippen LogP) is 5.19. The number of rotatable bonds is 4. The van der Waals surface area contributed by atoms with Crippen LogP contribution in [0.3, 0.4) is 0 Å².